The number of fused-ring (bicyclic) bond motifs is 5. The maximum absolute atomic E-state index is 10.9. The third-order valence-electron chi connectivity index (χ3n) is 9.28. The van der Waals surface area contributed by atoms with Crippen LogP contribution < -0.4 is 0 Å². The average Bonchev–Trinajstić information content (AvgIpc) is 2.84. The summed E-state index contributed by atoms with van der Waals surface area (Å²) in [6.45, 7) is 7.57. The standard InChI is InChI=1S/C21H36O/c1-4-14-8-9-16-15-13-19(22)18-7-5-6-11-21(18,3)17(15)10-12-20(14,16)2/h14-19,22H,4-13H2,1-3H3/t14-,15-,16-,17-,18?,19?,20+,21+/m0/s1. The highest BCUT2D eigenvalue weighted by Crippen LogP contribution is 2.67. The minimum atomic E-state index is -0.00502. The van der Waals surface area contributed by atoms with Crippen LogP contribution in [-0.2, 0) is 0 Å². The number of rotatable bonds is 1. The molecule has 0 aliphatic heterocycles. The highest BCUT2D eigenvalue weighted by Gasteiger charge is 2.60. The zero-order chi connectivity index (χ0) is 15.5. The van der Waals surface area contributed by atoms with E-state index in [1.54, 1.807) is 0 Å². The van der Waals surface area contributed by atoms with Crippen molar-refractivity contribution in [3.8, 4) is 0 Å². The topological polar surface area (TPSA) is 20.2 Å². The highest BCUT2D eigenvalue weighted by atomic mass is 16.3. The second kappa shape index (κ2) is 5.23. The average molecular weight is 305 g/mol. The second-order valence-corrected chi connectivity index (χ2v) is 9.77. The van der Waals surface area contributed by atoms with E-state index in [0.717, 1.165) is 30.1 Å². The van der Waals surface area contributed by atoms with Gasteiger partial charge < -0.3 is 5.11 Å². The fourth-order valence-electron chi connectivity index (χ4n) is 8.14. The van der Waals surface area contributed by atoms with Crippen molar-refractivity contribution in [1.82, 2.24) is 0 Å². The van der Waals surface area contributed by atoms with Gasteiger partial charge in [0.15, 0.2) is 0 Å². The molecule has 4 aliphatic rings. The zero-order valence-electron chi connectivity index (χ0n) is 15.0. The van der Waals surface area contributed by atoms with Crippen LogP contribution in [0.15, 0.2) is 0 Å². The van der Waals surface area contributed by atoms with Crippen LogP contribution in [0.5, 0.6) is 0 Å². The Bertz CT molecular complexity index is 432. The van der Waals surface area contributed by atoms with E-state index in [1.165, 1.54) is 57.8 Å². The van der Waals surface area contributed by atoms with Crippen LogP contribution >= 0.6 is 0 Å². The van der Waals surface area contributed by atoms with Crippen molar-refractivity contribution in [2.75, 3.05) is 0 Å². The largest absolute Gasteiger partial charge is 0.393 e. The SMILES string of the molecule is CC[C@H]1CC[C@H]2[C@@H]3CC(O)C4CCCC[C@]4(C)[C@H]3CC[C@]12C. The van der Waals surface area contributed by atoms with Crippen LogP contribution in [0.4, 0.5) is 0 Å². The Morgan fingerprint density at radius 1 is 0.864 bits per heavy atom. The van der Waals surface area contributed by atoms with Crippen LogP contribution in [0.25, 0.3) is 0 Å². The van der Waals surface area contributed by atoms with Gasteiger partial charge in [0, 0.05) is 0 Å². The fraction of sp³-hybridized carbons (Fsp3) is 1.00. The van der Waals surface area contributed by atoms with E-state index in [-0.39, 0.29) is 6.10 Å². The molecule has 4 rings (SSSR count). The van der Waals surface area contributed by atoms with Gasteiger partial charge in [-0.3, -0.25) is 0 Å². The van der Waals surface area contributed by atoms with Crippen molar-refractivity contribution < 1.29 is 5.11 Å². The zero-order valence-corrected chi connectivity index (χ0v) is 15.0. The van der Waals surface area contributed by atoms with Gasteiger partial charge in [-0.25, -0.2) is 0 Å². The molecule has 126 valence electrons. The molecule has 0 amide bonds. The molecule has 0 aromatic rings. The summed E-state index contributed by atoms with van der Waals surface area (Å²) in [5, 5.41) is 10.9. The van der Waals surface area contributed by atoms with Crippen molar-refractivity contribution in [3.05, 3.63) is 0 Å². The van der Waals surface area contributed by atoms with Gasteiger partial charge in [0.1, 0.15) is 0 Å². The molecule has 0 bridgehead atoms. The molecule has 2 unspecified atom stereocenters. The summed E-state index contributed by atoms with van der Waals surface area (Å²) in [5.74, 6) is 4.20. The van der Waals surface area contributed by atoms with E-state index in [0.29, 0.717) is 16.7 Å². The van der Waals surface area contributed by atoms with Gasteiger partial charge >= 0.3 is 0 Å². The third kappa shape index (κ3) is 1.93. The summed E-state index contributed by atoms with van der Waals surface area (Å²) in [7, 11) is 0. The van der Waals surface area contributed by atoms with Gasteiger partial charge in [-0.05, 0) is 85.4 Å². The smallest absolute Gasteiger partial charge is 0.0576 e. The van der Waals surface area contributed by atoms with Crippen molar-refractivity contribution in [2.24, 2.45) is 40.4 Å². The van der Waals surface area contributed by atoms with E-state index in [1.807, 2.05) is 0 Å². The first-order chi connectivity index (χ1) is 10.5. The quantitative estimate of drug-likeness (QED) is 0.686. The molecule has 4 aliphatic carbocycles. The molecule has 0 aromatic heterocycles. The van der Waals surface area contributed by atoms with E-state index in [2.05, 4.69) is 20.8 Å². The monoisotopic (exact) mass is 304 g/mol. The minimum Gasteiger partial charge on any atom is -0.393 e. The van der Waals surface area contributed by atoms with E-state index in [4.69, 9.17) is 0 Å². The summed E-state index contributed by atoms with van der Waals surface area (Å²) in [5.41, 5.74) is 1.04. The summed E-state index contributed by atoms with van der Waals surface area (Å²) in [6.07, 6.45) is 13.8. The van der Waals surface area contributed by atoms with Crippen LogP contribution in [-0.4, -0.2) is 11.2 Å². The van der Waals surface area contributed by atoms with Gasteiger partial charge in [0.05, 0.1) is 6.10 Å². The maximum atomic E-state index is 10.9. The Kier molecular flexibility index (Phi) is 3.68. The second-order valence-electron chi connectivity index (χ2n) is 9.77. The molecule has 0 saturated heterocycles. The van der Waals surface area contributed by atoms with E-state index in [9.17, 15) is 5.11 Å². The van der Waals surface area contributed by atoms with Crippen LogP contribution in [0.3, 0.4) is 0 Å². The van der Waals surface area contributed by atoms with E-state index < -0.39 is 0 Å². The Morgan fingerprint density at radius 3 is 2.41 bits per heavy atom. The molecule has 4 fully saturated rings. The molecular weight excluding hydrogens is 268 g/mol. The van der Waals surface area contributed by atoms with Crippen molar-refractivity contribution >= 4 is 0 Å². The summed E-state index contributed by atoms with van der Waals surface area (Å²) in [4.78, 5) is 0. The number of hydrogen-bond donors (Lipinski definition) is 1. The lowest BCUT2D eigenvalue weighted by Gasteiger charge is -2.61. The highest BCUT2D eigenvalue weighted by molar-refractivity contribution is 5.10. The van der Waals surface area contributed by atoms with Gasteiger partial charge in [0.2, 0.25) is 0 Å². The molecule has 0 spiro atoms. The van der Waals surface area contributed by atoms with Crippen LogP contribution in [0.1, 0.15) is 85.0 Å². The summed E-state index contributed by atoms with van der Waals surface area (Å²) in [6, 6.07) is 0. The van der Waals surface area contributed by atoms with Crippen LogP contribution in [0, 0.1) is 40.4 Å². The number of aliphatic hydroxyl groups is 1. The number of aliphatic hydroxyl groups excluding tert-OH is 1. The fourth-order valence-corrected chi connectivity index (χ4v) is 8.14. The lowest BCUT2D eigenvalue weighted by Crippen LogP contribution is -2.56. The van der Waals surface area contributed by atoms with Crippen molar-refractivity contribution in [2.45, 2.75) is 91.1 Å². The molecule has 0 heterocycles. The lowest BCUT2D eigenvalue weighted by molar-refractivity contribution is -0.157. The predicted octanol–water partition coefficient (Wildman–Crippen LogP) is 5.42. The minimum absolute atomic E-state index is 0.00502. The van der Waals surface area contributed by atoms with Crippen molar-refractivity contribution in [3.63, 3.8) is 0 Å². The Labute approximate surface area is 137 Å². The maximum Gasteiger partial charge on any atom is 0.0576 e. The van der Waals surface area contributed by atoms with Gasteiger partial charge in [-0.15, -0.1) is 0 Å². The van der Waals surface area contributed by atoms with Gasteiger partial charge in [-0.1, -0.05) is 40.0 Å². The molecule has 0 radical (unpaired) electrons. The van der Waals surface area contributed by atoms with Gasteiger partial charge in [0.25, 0.3) is 0 Å². The molecule has 22 heavy (non-hydrogen) atoms. The first-order valence-electron chi connectivity index (χ1n) is 10.2. The first kappa shape index (κ1) is 15.5. The molecule has 8 atom stereocenters. The third-order valence-corrected chi connectivity index (χ3v) is 9.28. The van der Waals surface area contributed by atoms with Crippen LogP contribution in [0.2, 0.25) is 0 Å². The van der Waals surface area contributed by atoms with Gasteiger partial charge in [-0.2, -0.15) is 0 Å². The van der Waals surface area contributed by atoms with E-state index >= 15 is 0 Å². The summed E-state index contributed by atoms with van der Waals surface area (Å²) < 4.78 is 0. The molecular formula is C21H36O. The summed E-state index contributed by atoms with van der Waals surface area (Å²) >= 11 is 0. The van der Waals surface area contributed by atoms with Crippen molar-refractivity contribution in [1.29, 1.82) is 0 Å². The molecule has 0 aromatic carbocycles. The Balaban J connectivity index is 1.66. The molecule has 1 N–H and O–H groups in total. The molecule has 1 heteroatoms. The Morgan fingerprint density at radius 2 is 1.64 bits per heavy atom. The normalized spacial score (nSPS) is 57.8. The molecule has 1 nitrogen and oxygen atoms in total. The first-order valence-corrected chi connectivity index (χ1v) is 10.2. The Hall–Kier alpha value is -0.0400. The predicted molar refractivity (Wildman–Crippen MR) is 91.5 cm³/mol. The lowest BCUT2D eigenvalue weighted by atomic mass is 9.44. The molecule has 4 saturated carbocycles. The number of hydrogen-bond acceptors (Lipinski definition) is 1.